The molecule has 27 heavy (non-hydrogen) atoms. The van der Waals surface area contributed by atoms with Gasteiger partial charge in [0.05, 0.1) is 6.21 Å². The smallest absolute Gasteiger partial charge is 0.191 e. The highest BCUT2D eigenvalue weighted by molar-refractivity contribution is 7.80. The third kappa shape index (κ3) is 6.20. The highest BCUT2D eigenvalue weighted by Gasteiger charge is 1.98. The standard InChI is InChI=1S/C21H18FN3OS/c22-18-10-6-17(7-11-18)15-26-20-12-8-16(9-13-20)14-23-25-21(27)24-19-4-2-1-3-5-19/h1-14H,15H2,(H2,24,25,27)/b23-14-. The zero-order valence-electron chi connectivity index (χ0n) is 14.4. The van der Waals surface area contributed by atoms with Gasteiger partial charge >= 0.3 is 0 Å². The summed E-state index contributed by atoms with van der Waals surface area (Å²) in [6.07, 6.45) is 1.67. The minimum absolute atomic E-state index is 0.255. The van der Waals surface area contributed by atoms with Gasteiger partial charge in [-0.15, -0.1) is 0 Å². The molecule has 0 amide bonds. The Morgan fingerprint density at radius 1 is 0.963 bits per heavy atom. The van der Waals surface area contributed by atoms with Crippen LogP contribution in [0.25, 0.3) is 0 Å². The summed E-state index contributed by atoms with van der Waals surface area (Å²) in [6.45, 7) is 0.384. The molecule has 0 aromatic heterocycles. The predicted molar refractivity (Wildman–Crippen MR) is 111 cm³/mol. The Morgan fingerprint density at radius 3 is 2.37 bits per heavy atom. The second kappa shape index (κ2) is 9.45. The Bertz CT molecular complexity index is 897. The number of nitrogens with one attached hydrogen (secondary N) is 2. The first-order valence-electron chi connectivity index (χ1n) is 8.31. The summed E-state index contributed by atoms with van der Waals surface area (Å²) in [6, 6.07) is 23.3. The van der Waals surface area contributed by atoms with Crippen molar-refractivity contribution in [1.82, 2.24) is 5.43 Å². The minimum atomic E-state index is -0.255. The number of para-hydroxylation sites is 1. The first kappa shape index (κ1) is 18.5. The van der Waals surface area contributed by atoms with E-state index in [1.165, 1.54) is 12.1 Å². The summed E-state index contributed by atoms with van der Waals surface area (Å²) >= 11 is 5.18. The van der Waals surface area contributed by atoms with E-state index in [1.807, 2.05) is 54.6 Å². The predicted octanol–water partition coefficient (Wildman–Crippen LogP) is 4.73. The van der Waals surface area contributed by atoms with Crippen molar-refractivity contribution in [1.29, 1.82) is 0 Å². The van der Waals surface area contributed by atoms with Gasteiger partial charge in [-0.2, -0.15) is 5.10 Å². The molecule has 0 radical (unpaired) electrons. The number of anilines is 1. The Kier molecular flexibility index (Phi) is 6.49. The van der Waals surface area contributed by atoms with Crippen molar-refractivity contribution >= 4 is 29.2 Å². The van der Waals surface area contributed by atoms with Crippen LogP contribution in [0.4, 0.5) is 10.1 Å². The van der Waals surface area contributed by atoms with Crippen LogP contribution < -0.4 is 15.5 Å². The topological polar surface area (TPSA) is 45.6 Å². The van der Waals surface area contributed by atoms with Crippen LogP contribution in [-0.2, 0) is 6.61 Å². The average molecular weight is 379 g/mol. The first-order valence-corrected chi connectivity index (χ1v) is 8.72. The van der Waals surface area contributed by atoms with E-state index in [9.17, 15) is 4.39 Å². The van der Waals surface area contributed by atoms with Crippen LogP contribution in [0.1, 0.15) is 11.1 Å². The lowest BCUT2D eigenvalue weighted by Gasteiger charge is -2.07. The first-order chi connectivity index (χ1) is 13.2. The molecular weight excluding hydrogens is 361 g/mol. The third-order valence-corrected chi connectivity index (χ3v) is 3.80. The minimum Gasteiger partial charge on any atom is -0.489 e. The molecule has 0 unspecified atom stereocenters. The number of benzene rings is 3. The summed E-state index contributed by atoms with van der Waals surface area (Å²) < 4.78 is 18.6. The van der Waals surface area contributed by atoms with Crippen LogP contribution in [0.3, 0.4) is 0 Å². The van der Waals surface area contributed by atoms with E-state index < -0.39 is 0 Å². The van der Waals surface area contributed by atoms with Crippen molar-refractivity contribution in [2.45, 2.75) is 6.61 Å². The molecule has 0 spiro atoms. The number of rotatable bonds is 6. The molecule has 3 aromatic rings. The van der Waals surface area contributed by atoms with E-state index in [-0.39, 0.29) is 5.82 Å². The highest BCUT2D eigenvalue weighted by atomic mass is 32.1. The van der Waals surface area contributed by atoms with Gasteiger partial charge in [0, 0.05) is 5.69 Å². The third-order valence-electron chi connectivity index (χ3n) is 3.61. The molecule has 0 atom stereocenters. The van der Waals surface area contributed by atoms with E-state index in [0.29, 0.717) is 11.7 Å². The molecule has 4 nitrogen and oxygen atoms in total. The van der Waals surface area contributed by atoms with Crippen molar-refractivity contribution in [3.63, 3.8) is 0 Å². The van der Waals surface area contributed by atoms with Gasteiger partial charge in [-0.05, 0) is 71.9 Å². The Balaban J connectivity index is 1.46. The Hall–Kier alpha value is -3.25. The fourth-order valence-corrected chi connectivity index (χ4v) is 2.41. The second-order valence-electron chi connectivity index (χ2n) is 5.67. The van der Waals surface area contributed by atoms with Crippen LogP contribution in [0.2, 0.25) is 0 Å². The van der Waals surface area contributed by atoms with Crippen LogP contribution in [0.15, 0.2) is 84.0 Å². The molecule has 0 saturated carbocycles. The number of nitrogens with zero attached hydrogens (tertiary/aromatic N) is 1. The molecule has 0 aliphatic heterocycles. The van der Waals surface area contributed by atoms with Crippen LogP contribution in [0, 0.1) is 5.82 Å². The number of ether oxygens (including phenoxy) is 1. The number of hydrogen-bond donors (Lipinski definition) is 2. The second-order valence-corrected chi connectivity index (χ2v) is 6.08. The highest BCUT2D eigenvalue weighted by Crippen LogP contribution is 2.14. The lowest BCUT2D eigenvalue weighted by molar-refractivity contribution is 0.306. The Morgan fingerprint density at radius 2 is 1.67 bits per heavy atom. The van der Waals surface area contributed by atoms with Crippen LogP contribution >= 0.6 is 12.2 Å². The van der Waals surface area contributed by atoms with Crippen molar-refractivity contribution in [2.75, 3.05) is 5.32 Å². The quantitative estimate of drug-likeness (QED) is 0.369. The molecule has 3 rings (SSSR count). The van der Waals surface area contributed by atoms with E-state index in [2.05, 4.69) is 15.8 Å². The maximum atomic E-state index is 12.9. The number of hydrazone groups is 1. The molecule has 3 aromatic carbocycles. The van der Waals surface area contributed by atoms with Gasteiger partial charge in [0.2, 0.25) is 0 Å². The van der Waals surface area contributed by atoms with E-state index in [0.717, 1.165) is 22.6 Å². The summed E-state index contributed by atoms with van der Waals surface area (Å²) in [5.74, 6) is 0.472. The molecule has 0 heterocycles. The molecule has 0 aliphatic carbocycles. The van der Waals surface area contributed by atoms with Gasteiger partial charge in [-0.3, -0.25) is 5.43 Å². The fraction of sp³-hybridized carbons (Fsp3) is 0.0476. The molecule has 0 saturated heterocycles. The number of hydrogen-bond acceptors (Lipinski definition) is 3. The molecule has 0 bridgehead atoms. The zero-order chi connectivity index (χ0) is 18.9. The van der Waals surface area contributed by atoms with Crippen molar-refractivity contribution in [2.24, 2.45) is 5.10 Å². The molecular formula is C21H18FN3OS. The van der Waals surface area contributed by atoms with Gasteiger partial charge in [0.15, 0.2) is 5.11 Å². The number of halogens is 1. The lowest BCUT2D eigenvalue weighted by atomic mass is 10.2. The fourth-order valence-electron chi connectivity index (χ4n) is 2.24. The average Bonchev–Trinajstić information content (AvgIpc) is 2.69. The van der Waals surface area contributed by atoms with Crippen molar-refractivity contribution in [3.8, 4) is 5.75 Å². The molecule has 6 heteroatoms. The van der Waals surface area contributed by atoms with Crippen molar-refractivity contribution in [3.05, 3.63) is 95.8 Å². The van der Waals surface area contributed by atoms with E-state index in [4.69, 9.17) is 17.0 Å². The SMILES string of the molecule is Fc1ccc(COc2ccc(/C=N\NC(=S)Nc3ccccc3)cc2)cc1. The van der Waals surface area contributed by atoms with E-state index in [1.54, 1.807) is 18.3 Å². The van der Waals surface area contributed by atoms with Gasteiger partial charge in [-0.25, -0.2) is 4.39 Å². The molecule has 136 valence electrons. The summed E-state index contributed by atoms with van der Waals surface area (Å²) in [5, 5.41) is 7.56. The van der Waals surface area contributed by atoms with Gasteiger partial charge in [0.1, 0.15) is 18.2 Å². The number of thiocarbonyl (C=S) groups is 1. The van der Waals surface area contributed by atoms with Crippen LogP contribution in [-0.4, -0.2) is 11.3 Å². The van der Waals surface area contributed by atoms with Gasteiger partial charge in [-0.1, -0.05) is 30.3 Å². The molecule has 2 N–H and O–H groups in total. The molecule has 0 fully saturated rings. The summed E-state index contributed by atoms with van der Waals surface area (Å²) in [4.78, 5) is 0. The normalized spacial score (nSPS) is 10.6. The van der Waals surface area contributed by atoms with Crippen molar-refractivity contribution < 1.29 is 9.13 Å². The maximum Gasteiger partial charge on any atom is 0.191 e. The summed E-state index contributed by atoms with van der Waals surface area (Å²) in [7, 11) is 0. The lowest BCUT2D eigenvalue weighted by Crippen LogP contribution is -2.23. The molecule has 0 aliphatic rings. The largest absolute Gasteiger partial charge is 0.489 e. The van der Waals surface area contributed by atoms with E-state index >= 15 is 0 Å². The Labute approximate surface area is 162 Å². The van der Waals surface area contributed by atoms with Crippen LogP contribution in [0.5, 0.6) is 5.75 Å². The monoisotopic (exact) mass is 379 g/mol. The van der Waals surface area contributed by atoms with Gasteiger partial charge < -0.3 is 10.1 Å². The summed E-state index contributed by atoms with van der Waals surface area (Å²) in [5.41, 5.74) is 5.48. The van der Waals surface area contributed by atoms with Gasteiger partial charge in [0.25, 0.3) is 0 Å². The maximum absolute atomic E-state index is 12.9. The zero-order valence-corrected chi connectivity index (χ0v) is 15.2.